The molecule has 0 atom stereocenters. The summed E-state index contributed by atoms with van der Waals surface area (Å²) in [6.07, 6.45) is 3.63. The summed E-state index contributed by atoms with van der Waals surface area (Å²) in [4.78, 5) is 20.4. The topological polar surface area (TPSA) is 108 Å². The summed E-state index contributed by atoms with van der Waals surface area (Å²) >= 11 is 0. The van der Waals surface area contributed by atoms with Crippen molar-refractivity contribution in [3.8, 4) is 17.3 Å². The minimum atomic E-state index is -2.55. The zero-order valence-electron chi connectivity index (χ0n) is 20.0. The van der Waals surface area contributed by atoms with E-state index < -0.39 is 24.6 Å². The van der Waals surface area contributed by atoms with Crippen LogP contribution in [0.25, 0.3) is 17.8 Å². The number of H-pyrrole nitrogens is 1. The summed E-state index contributed by atoms with van der Waals surface area (Å²) in [6.45, 7) is 2.86. The first-order valence-electron chi connectivity index (χ1n) is 11.3. The van der Waals surface area contributed by atoms with Crippen molar-refractivity contribution in [1.29, 1.82) is 0 Å². The minimum Gasteiger partial charge on any atom is -0.436 e. The molecule has 1 aromatic carbocycles. The maximum atomic E-state index is 13.9. The van der Waals surface area contributed by atoms with Gasteiger partial charge in [0.05, 0.1) is 35.9 Å². The molecule has 0 bridgehead atoms. The van der Waals surface area contributed by atoms with Gasteiger partial charge in [-0.05, 0) is 48.9 Å². The molecule has 0 radical (unpaired) electrons. The number of hydrogen-bond acceptors (Lipinski definition) is 6. The van der Waals surface area contributed by atoms with E-state index in [1.54, 1.807) is 50.3 Å². The van der Waals surface area contributed by atoms with Gasteiger partial charge in [0, 0.05) is 11.4 Å². The van der Waals surface area contributed by atoms with Gasteiger partial charge in [-0.25, -0.2) is 22.8 Å². The molecule has 8 nitrogen and oxygen atoms in total. The van der Waals surface area contributed by atoms with Crippen molar-refractivity contribution in [3.63, 3.8) is 0 Å². The normalized spacial score (nSPS) is 12.5. The molecular weight excluding hydrogens is 487 g/mol. The maximum Gasteiger partial charge on any atom is 0.261 e. The molecule has 0 saturated heterocycles. The lowest BCUT2D eigenvalue weighted by Gasteiger charge is -2.11. The van der Waals surface area contributed by atoms with Crippen molar-refractivity contribution in [2.45, 2.75) is 20.3 Å². The number of rotatable bonds is 9. The summed E-state index contributed by atoms with van der Waals surface area (Å²) in [6, 6.07) is 9.19. The molecule has 0 fully saturated rings. The van der Waals surface area contributed by atoms with Gasteiger partial charge in [0.2, 0.25) is 11.7 Å². The zero-order valence-corrected chi connectivity index (χ0v) is 20.0. The van der Waals surface area contributed by atoms with Crippen LogP contribution in [0.3, 0.4) is 0 Å². The Balaban J connectivity index is 1.57. The second kappa shape index (κ2) is 11.1. The number of halogens is 3. The Bertz CT molecular complexity index is 1550. The average Bonchev–Trinajstić information content (AvgIpc) is 3.46. The van der Waals surface area contributed by atoms with E-state index in [-0.39, 0.29) is 35.3 Å². The molecule has 0 unspecified atom stereocenters. The summed E-state index contributed by atoms with van der Waals surface area (Å²) in [5.74, 6) is -0.588. The number of alkyl halides is 2. The monoisotopic (exact) mass is 511 g/mol. The van der Waals surface area contributed by atoms with Crippen LogP contribution < -0.4 is 21.0 Å². The minimum absolute atomic E-state index is 0.0281. The average molecular weight is 512 g/mol. The highest BCUT2D eigenvalue weighted by atomic mass is 19.3. The Kier molecular flexibility index (Phi) is 7.73. The van der Waals surface area contributed by atoms with E-state index in [0.29, 0.717) is 21.8 Å². The van der Waals surface area contributed by atoms with Crippen LogP contribution in [0.2, 0.25) is 0 Å². The summed E-state index contributed by atoms with van der Waals surface area (Å²) in [7, 11) is 0. The number of aromatic nitrogens is 4. The largest absolute Gasteiger partial charge is 0.436 e. The molecular formula is C26H24F3N5O3. The van der Waals surface area contributed by atoms with Crippen molar-refractivity contribution in [2.75, 3.05) is 18.9 Å². The summed E-state index contributed by atoms with van der Waals surface area (Å²) in [5.41, 5.74) is 7.88. The van der Waals surface area contributed by atoms with Gasteiger partial charge in [-0.2, -0.15) is 5.10 Å². The van der Waals surface area contributed by atoms with Gasteiger partial charge >= 0.3 is 0 Å². The van der Waals surface area contributed by atoms with E-state index >= 15 is 0 Å². The Morgan fingerprint density at radius 1 is 1.24 bits per heavy atom. The van der Waals surface area contributed by atoms with Gasteiger partial charge in [-0.1, -0.05) is 18.2 Å². The van der Waals surface area contributed by atoms with Gasteiger partial charge in [0.15, 0.2) is 11.6 Å². The maximum absolute atomic E-state index is 13.9. The molecule has 4 rings (SSSR count). The smallest absolute Gasteiger partial charge is 0.261 e. The predicted molar refractivity (Wildman–Crippen MR) is 132 cm³/mol. The first kappa shape index (κ1) is 25.7. The fourth-order valence-corrected chi connectivity index (χ4v) is 3.63. The number of benzene rings is 1. The van der Waals surface area contributed by atoms with Crippen molar-refractivity contribution in [2.24, 2.45) is 0 Å². The van der Waals surface area contributed by atoms with Crippen LogP contribution in [0.4, 0.5) is 19.0 Å². The molecule has 3 aromatic heterocycles. The number of nitrogens with zero attached hydrogens (tertiary/aromatic N) is 3. The highest BCUT2D eigenvalue weighted by molar-refractivity contribution is 6.10. The van der Waals surface area contributed by atoms with Crippen molar-refractivity contribution >= 4 is 23.8 Å². The summed E-state index contributed by atoms with van der Waals surface area (Å²) < 4.78 is 50.2. The number of nitrogens with one attached hydrogen (secondary N) is 1. The van der Waals surface area contributed by atoms with Crippen LogP contribution in [0.1, 0.15) is 28.5 Å². The quantitative estimate of drug-likeness (QED) is 0.263. The van der Waals surface area contributed by atoms with E-state index in [2.05, 4.69) is 15.1 Å². The number of ketones is 1. The predicted octanol–water partition coefficient (Wildman–Crippen LogP) is 3.51. The molecule has 0 aliphatic heterocycles. The number of pyridine rings is 1. The number of ether oxygens (including phenoxy) is 2. The zero-order chi connectivity index (χ0) is 26.5. The fraction of sp³-hybridized carbons (Fsp3) is 0.192. The molecule has 0 aliphatic carbocycles. The molecule has 11 heteroatoms. The van der Waals surface area contributed by atoms with Crippen molar-refractivity contribution in [3.05, 3.63) is 82.0 Å². The van der Waals surface area contributed by atoms with Crippen molar-refractivity contribution < 1.29 is 27.4 Å². The third-order valence-electron chi connectivity index (χ3n) is 5.47. The third-order valence-corrected chi connectivity index (χ3v) is 5.47. The van der Waals surface area contributed by atoms with Crippen LogP contribution in [0.15, 0.2) is 48.8 Å². The number of aromatic amines is 1. The van der Waals surface area contributed by atoms with Crippen molar-refractivity contribution in [1.82, 2.24) is 19.7 Å². The van der Waals surface area contributed by atoms with Crippen LogP contribution in [0.5, 0.6) is 11.6 Å². The number of para-hydroxylation sites is 1. The molecule has 0 amide bonds. The molecule has 37 heavy (non-hydrogen) atoms. The van der Waals surface area contributed by atoms with Gasteiger partial charge in [0.25, 0.3) is 6.43 Å². The Morgan fingerprint density at radius 3 is 2.73 bits per heavy atom. The van der Waals surface area contributed by atoms with Gasteiger partial charge in [-0.15, -0.1) is 0 Å². The lowest BCUT2D eigenvalue weighted by molar-refractivity contribution is 0.0315. The standard InChI is InChI=1S/C26H24F3N5O3/c1-3-19-16(8-9-36-14-23(28)29)11-20(33-19)25(35)17-12-32-34(26(17)30)21-13-31-24(10-15(21)2)37-22-7-5-4-6-18(22)27/h3-8,10-13,23,33H,9,14,30H2,1-2H3/b16-8-,19-3+. The number of nitrogen functional groups attached to an aromatic ring is 1. The second-order valence-corrected chi connectivity index (χ2v) is 8.00. The van der Waals surface area contributed by atoms with E-state index in [9.17, 15) is 18.0 Å². The molecule has 0 aliphatic rings. The lowest BCUT2D eigenvalue weighted by atomic mass is 10.1. The van der Waals surface area contributed by atoms with Gasteiger partial charge < -0.3 is 20.2 Å². The molecule has 0 saturated carbocycles. The number of carbonyl (C=O) groups excluding carboxylic acids is 1. The first-order valence-corrected chi connectivity index (χ1v) is 11.3. The highest BCUT2D eigenvalue weighted by Gasteiger charge is 2.20. The van der Waals surface area contributed by atoms with Crippen LogP contribution in [-0.2, 0) is 4.74 Å². The summed E-state index contributed by atoms with van der Waals surface area (Å²) in [5, 5.41) is 5.53. The molecule has 0 spiro atoms. The van der Waals surface area contributed by atoms with E-state index in [1.807, 2.05) is 0 Å². The second-order valence-electron chi connectivity index (χ2n) is 8.00. The Labute approximate surface area is 209 Å². The van der Waals surface area contributed by atoms with Crippen LogP contribution >= 0.6 is 0 Å². The first-order chi connectivity index (χ1) is 17.8. The molecule has 3 heterocycles. The molecule has 4 aromatic rings. The number of nitrogens with two attached hydrogens (primary N) is 1. The Morgan fingerprint density at radius 2 is 2.03 bits per heavy atom. The van der Waals surface area contributed by atoms with Crippen LogP contribution in [-0.4, -0.2) is 45.2 Å². The molecule has 192 valence electrons. The van der Waals surface area contributed by atoms with Gasteiger partial charge in [-0.3, -0.25) is 4.79 Å². The lowest BCUT2D eigenvalue weighted by Crippen LogP contribution is -2.22. The highest BCUT2D eigenvalue weighted by Crippen LogP contribution is 2.26. The number of aryl methyl sites for hydroxylation is 1. The Hall–Kier alpha value is -4.38. The van der Waals surface area contributed by atoms with Crippen LogP contribution in [0, 0.1) is 12.7 Å². The number of carbonyl (C=O) groups is 1. The SMILES string of the molecule is C/C=c1/[nH]c(C(=O)c2cnn(-c3cnc(Oc4ccccc4F)cc3C)c2N)c/c1=C/COCC(F)F. The van der Waals surface area contributed by atoms with E-state index in [1.165, 1.54) is 29.2 Å². The fourth-order valence-electron chi connectivity index (χ4n) is 3.63. The third kappa shape index (κ3) is 5.72. The van der Waals surface area contributed by atoms with E-state index in [4.69, 9.17) is 15.2 Å². The van der Waals surface area contributed by atoms with E-state index in [0.717, 1.165) is 0 Å². The van der Waals surface area contributed by atoms with Gasteiger partial charge in [0.1, 0.15) is 12.4 Å². The molecule has 3 N–H and O–H groups in total. The number of anilines is 1. The number of hydrogen-bond donors (Lipinski definition) is 2.